The van der Waals surface area contributed by atoms with Gasteiger partial charge in [-0.1, -0.05) is 12.1 Å². The maximum absolute atomic E-state index is 12.3. The Morgan fingerprint density at radius 3 is 2.46 bits per heavy atom. The Hall–Kier alpha value is -2.18. The molecule has 1 unspecified atom stereocenters. The van der Waals surface area contributed by atoms with E-state index < -0.39 is 0 Å². The highest BCUT2D eigenvalue weighted by Gasteiger charge is 2.12. The molecule has 6 heteroatoms. The number of amides is 1. The summed E-state index contributed by atoms with van der Waals surface area (Å²) in [6.45, 7) is 2.73. The number of carbonyl (C=O) groups is 1. The molecule has 0 bridgehead atoms. The van der Waals surface area contributed by atoms with Gasteiger partial charge in [0, 0.05) is 30.0 Å². The third-order valence-electron chi connectivity index (χ3n) is 3.99. The van der Waals surface area contributed by atoms with Crippen LogP contribution >= 0.6 is 11.8 Å². The van der Waals surface area contributed by atoms with E-state index in [2.05, 4.69) is 41.2 Å². The monoisotopic (exact) mass is 374 g/mol. The van der Waals surface area contributed by atoms with Crippen LogP contribution in [0.3, 0.4) is 0 Å². The van der Waals surface area contributed by atoms with E-state index >= 15 is 0 Å². The summed E-state index contributed by atoms with van der Waals surface area (Å²) in [7, 11) is 3.16. The summed E-state index contributed by atoms with van der Waals surface area (Å²) in [5.74, 6) is 1.20. The van der Waals surface area contributed by atoms with Crippen molar-refractivity contribution >= 4 is 23.4 Å². The molecule has 0 saturated heterocycles. The number of rotatable bonds is 9. The molecule has 0 aliphatic heterocycles. The molecule has 2 aromatic carbocycles. The second-order valence-electron chi connectivity index (χ2n) is 5.95. The summed E-state index contributed by atoms with van der Waals surface area (Å²) in [4.78, 5) is 13.6. The number of carbonyl (C=O) groups excluding carboxylic acids is 1. The number of ether oxygens (including phenoxy) is 2. The first-order valence-electron chi connectivity index (χ1n) is 8.44. The predicted octanol–water partition coefficient (Wildman–Crippen LogP) is 3.93. The van der Waals surface area contributed by atoms with Crippen molar-refractivity contribution < 1.29 is 14.3 Å². The van der Waals surface area contributed by atoms with E-state index in [4.69, 9.17) is 9.47 Å². The molecule has 1 amide bonds. The first-order valence-corrected chi connectivity index (χ1v) is 9.66. The summed E-state index contributed by atoms with van der Waals surface area (Å²) in [5.41, 5.74) is 1.81. The maximum Gasteiger partial charge on any atom is 0.226 e. The molecular formula is C20H26N2O3S. The molecule has 5 nitrogen and oxygen atoms in total. The van der Waals surface area contributed by atoms with Gasteiger partial charge in [0.05, 0.1) is 19.9 Å². The molecule has 0 aliphatic rings. The molecular weight excluding hydrogens is 348 g/mol. The van der Waals surface area contributed by atoms with Crippen LogP contribution in [0.1, 0.15) is 18.9 Å². The number of nitrogens with one attached hydrogen (secondary N) is 2. The summed E-state index contributed by atoms with van der Waals surface area (Å²) in [5, 5.41) is 6.27. The van der Waals surface area contributed by atoms with Gasteiger partial charge in [-0.05, 0) is 43.0 Å². The molecule has 2 rings (SSSR count). The fourth-order valence-electron chi connectivity index (χ4n) is 2.50. The molecule has 0 saturated carbocycles. The number of benzene rings is 2. The highest BCUT2D eigenvalue weighted by atomic mass is 32.2. The van der Waals surface area contributed by atoms with Gasteiger partial charge in [-0.15, -0.1) is 11.8 Å². The van der Waals surface area contributed by atoms with Crippen LogP contribution in [0.15, 0.2) is 47.4 Å². The van der Waals surface area contributed by atoms with Gasteiger partial charge >= 0.3 is 0 Å². The number of anilines is 1. The SMILES string of the molecule is COc1ccc(OC)c(NC(=O)CC(C)NCc2ccc(SC)cc2)c1. The molecule has 0 spiro atoms. The van der Waals surface area contributed by atoms with Crippen molar-refractivity contribution in [2.45, 2.75) is 30.8 Å². The van der Waals surface area contributed by atoms with Crippen molar-refractivity contribution in [3.8, 4) is 11.5 Å². The quantitative estimate of drug-likeness (QED) is 0.651. The van der Waals surface area contributed by atoms with Gasteiger partial charge in [0.2, 0.25) is 5.91 Å². The zero-order valence-electron chi connectivity index (χ0n) is 15.7. The molecule has 0 fully saturated rings. The van der Waals surface area contributed by atoms with Gasteiger partial charge in [-0.3, -0.25) is 4.79 Å². The lowest BCUT2D eigenvalue weighted by Crippen LogP contribution is -2.30. The molecule has 0 aromatic heterocycles. The minimum absolute atomic E-state index is 0.0480. The molecule has 140 valence electrons. The summed E-state index contributed by atoms with van der Waals surface area (Å²) in [6, 6.07) is 13.8. The minimum atomic E-state index is -0.0747. The van der Waals surface area contributed by atoms with Gasteiger partial charge < -0.3 is 20.1 Å². The van der Waals surface area contributed by atoms with E-state index in [1.54, 1.807) is 44.2 Å². The zero-order chi connectivity index (χ0) is 18.9. The van der Waals surface area contributed by atoms with Gasteiger partial charge in [0.1, 0.15) is 11.5 Å². The van der Waals surface area contributed by atoms with Crippen molar-refractivity contribution in [1.29, 1.82) is 0 Å². The van der Waals surface area contributed by atoms with E-state index in [1.165, 1.54) is 10.5 Å². The molecule has 1 atom stereocenters. The maximum atomic E-state index is 12.3. The lowest BCUT2D eigenvalue weighted by Gasteiger charge is -2.15. The highest BCUT2D eigenvalue weighted by Crippen LogP contribution is 2.29. The normalized spacial score (nSPS) is 11.7. The van der Waals surface area contributed by atoms with Crippen LogP contribution in [-0.2, 0) is 11.3 Å². The van der Waals surface area contributed by atoms with Crippen LogP contribution in [0.4, 0.5) is 5.69 Å². The average Bonchev–Trinajstić information content (AvgIpc) is 2.66. The third-order valence-corrected chi connectivity index (χ3v) is 4.73. The Bertz CT molecular complexity index is 719. The molecule has 0 heterocycles. The largest absolute Gasteiger partial charge is 0.497 e. The Morgan fingerprint density at radius 1 is 1.12 bits per heavy atom. The van der Waals surface area contributed by atoms with Crippen LogP contribution in [-0.4, -0.2) is 32.4 Å². The second-order valence-corrected chi connectivity index (χ2v) is 6.83. The lowest BCUT2D eigenvalue weighted by molar-refractivity contribution is -0.116. The van der Waals surface area contributed by atoms with Crippen LogP contribution < -0.4 is 20.1 Å². The van der Waals surface area contributed by atoms with E-state index in [9.17, 15) is 4.79 Å². The first kappa shape index (κ1) is 20.1. The topological polar surface area (TPSA) is 59.6 Å². The van der Waals surface area contributed by atoms with E-state index in [0.29, 0.717) is 23.6 Å². The standard InChI is InChI=1S/C20H26N2O3S/c1-14(21-13-15-5-8-17(26-4)9-6-15)11-20(23)22-18-12-16(24-2)7-10-19(18)25-3/h5-10,12,14,21H,11,13H2,1-4H3,(H,22,23). The van der Waals surface area contributed by atoms with Gasteiger partial charge in [-0.25, -0.2) is 0 Å². The van der Waals surface area contributed by atoms with Crippen LogP contribution in [0.5, 0.6) is 11.5 Å². The van der Waals surface area contributed by atoms with Crippen molar-refractivity contribution in [2.24, 2.45) is 0 Å². The Kier molecular flexibility index (Phi) is 7.81. The predicted molar refractivity (Wildman–Crippen MR) is 107 cm³/mol. The van der Waals surface area contributed by atoms with Crippen LogP contribution in [0, 0.1) is 0 Å². The van der Waals surface area contributed by atoms with Gasteiger partial charge in [0.25, 0.3) is 0 Å². The van der Waals surface area contributed by atoms with Crippen molar-refractivity contribution in [1.82, 2.24) is 5.32 Å². The second kappa shape index (κ2) is 10.1. The summed E-state index contributed by atoms with van der Waals surface area (Å²) >= 11 is 1.72. The number of thioether (sulfide) groups is 1. The number of methoxy groups -OCH3 is 2. The molecule has 2 aromatic rings. The smallest absolute Gasteiger partial charge is 0.226 e. The number of hydrogen-bond donors (Lipinski definition) is 2. The first-order chi connectivity index (χ1) is 12.5. The van der Waals surface area contributed by atoms with E-state index in [-0.39, 0.29) is 11.9 Å². The molecule has 26 heavy (non-hydrogen) atoms. The summed E-state index contributed by atoms with van der Waals surface area (Å²) < 4.78 is 10.5. The summed E-state index contributed by atoms with van der Waals surface area (Å²) in [6.07, 6.45) is 2.43. The van der Waals surface area contributed by atoms with Crippen molar-refractivity contribution in [2.75, 3.05) is 25.8 Å². The number of hydrogen-bond acceptors (Lipinski definition) is 5. The van der Waals surface area contributed by atoms with Crippen molar-refractivity contribution in [3.05, 3.63) is 48.0 Å². The molecule has 0 aliphatic carbocycles. The van der Waals surface area contributed by atoms with Crippen LogP contribution in [0.25, 0.3) is 0 Å². The Labute approximate surface area is 159 Å². The average molecular weight is 375 g/mol. The van der Waals surface area contributed by atoms with Gasteiger partial charge in [-0.2, -0.15) is 0 Å². The van der Waals surface area contributed by atoms with Crippen LogP contribution in [0.2, 0.25) is 0 Å². The molecule has 2 N–H and O–H groups in total. The molecule has 0 radical (unpaired) electrons. The van der Waals surface area contributed by atoms with Crippen molar-refractivity contribution in [3.63, 3.8) is 0 Å². The Morgan fingerprint density at radius 2 is 1.85 bits per heavy atom. The van der Waals surface area contributed by atoms with Gasteiger partial charge in [0.15, 0.2) is 0 Å². The fraction of sp³-hybridized carbons (Fsp3) is 0.350. The van der Waals surface area contributed by atoms with E-state index in [0.717, 1.165) is 6.54 Å². The Balaban J connectivity index is 1.86. The zero-order valence-corrected chi connectivity index (χ0v) is 16.5. The van der Waals surface area contributed by atoms with E-state index in [1.807, 2.05) is 6.92 Å². The third kappa shape index (κ3) is 5.97. The fourth-order valence-corrected chi connectivity index (χ4v) is 2.91. The lowest BCUT2D eigenvalue weighted by atomic mass is 10.1. The highest BCUT2D eigenvalue weighted by molar-refractivity contribution is 7.98. The minimum Gasteiger partial charge on any atom is -0.497 e.